The summed E-state index contributed by atoms with van der Waals surface area (Å²) < 4.78 is -0.444. The van der Waals surface area contributed by atoms with E-state index in [1.807, 2.05) is 0 Å². The third kappa shape index (κ3) is 14.7. The zero-order valence-corrected chi connectivity index (χ0v) is 17.4. The predicted octanol–water partition coefficient (Wildman–Crippen LogP) is 5.15. The second-order valence-corrected chi connectivity index (χ2v) is 8.27. The van der Waals surface area contributed by atoms with Crippen LogP contribution in [0.3, 0.4) is 0 Å². The predicted molar refractivity (Wildman–Crippen MR) is 107 cm³/mol. The zero-order chi connectivity index (χ0) is 19.1. The van der Waals surface area contributed by atoms with Gasteiger partial charge in [0.25, 0.3) is 0 Å². The molecule has 0 aromatic rings. The van der Waals surface area contributed by atoms with Crippen LogP contribution in [0.5, 0.6) is 0 Å². The molecule has 0 fully saturated rings. The molecular weight excluding hydrogens is 314 g/mol. The molecule has 0 aromatic carbocycles. The van der Waals surface area contributed by atoms with Crippen molar-refractivity contribution in [3.63, 3.8) is 0 Å². The Bertz CT molecular complexity index is 293. The maximum atomic E-state index is 12.7. The van der Waals surface area contributed by atoms with Gasteiger partial charge in [0.2, 0.25) is 0 Å². The fourth-order valence-corrected chi connectivity index (χ4v) is 3.73. The lowest BCUT2D eigenvalue weighted by atomic mass is 9.99. The molecule has 4 nitrogen and oxygen atoms in total. The Morgan fingerprint density at radius 3 is 1.60 bits per heavy atom. The summed E-state index contributed by atoms with van der Waals surface area (Å²) in [5.41, 5.74) is 0. The molecule has 4 atom stereocenters. The van der Waals surface area contributed by atoms with E-state index < -0.39 is 16.9 Å². The maximum absolute atomic E-state index is 12.7. The van der Waals surface area contributed by atoms with Gasteiger partial charge in [-0.25, -0.2) is 0 Å². The summed E-state index contributed by atoms with van der Waals surface area (Å²) in [6, 6.07) is -0.117. The van der Waals surface area contributed by atoms with E-state index in [1.54, 1.807) is 20.9 Å². The van der Waals surface area contributed by atoms with E-state index in [4.69, 9.17) is 0 Å². The second-order valence-electron chi connectivity index (χ2n) is 8.27. The monoisotopic (exact) mass is 359 g/mol. The van der Waals surface area contributed by atoms with Gasteiger partial charge in [0, 0.05) is 6.42 Å². The van der Waals surface area contributed by atoms with Gasteiger partial charge in [0.15, 0.2) is 0 Å². The minimum absolute atomic E-state index is 0.117. The van der Waals surface area contributed by atoms with Crippen molar-refractivity contribution in [1.82, 2.24) is 0 Å². The van der Waals surface area contributed by atoms with Gasteiger partial charge >= 0.3 is 0 Å². The smallest absolute Gasteiger partial charge is 0.104 e. The summed E-state index contributed by atoms with van der Waals surface area (Å²) in [6.45, 7) is 5.87. The average molecular weight is 360 g/mol. The van der Waals surface area contributed by atoms with Crippen molar-refractivity contribution in [3.05, 3.63) is 5.21 Å². The van der Waals surface area contributed by atoms with Crippen LogP contribution in [-0.4, -0.2) is 46.7 Å². The fraction of sp³-hybridized carbons (Fsp3) is 1.00. The highest BCUT2D eigenvalue weighted by Crippen LogP contribution is 2.22. The van der Waals surface area contributed by atoms with Crippen LogP contribution < -0.4 is 0 Å². The molecule has 0 aromatic heterocycles. The number of nitrogens with zero attached hydrogens (tertiary/aromatic N) is 1. The summed E-state index contributed by atoms with van der Waals surface area (Å²) in [5, 5.41) is 32.0. The average Bonchev–Trinajstić information content (AvgIpc) is 2.49. The van der Waals surface area contributed by atoms with Crippen molar-refractivity contribution >= 4 is 0 Å². The van der Waals surface area contributed by atoms with Gasteiger partial charge in [0.1, 0.15) is 12.6 Å². The third-order valence-corrected chi connectivity index (χ3v) is 5.15. The van der Waals surface area contributed by atoms with E-state index in [9.17, 15) is 15.4 Å². The van der Waals surface area contributed by atoms with Crippen LogP contribution in [-0.2, 0) is 0 Å². The van der Waals surface area contributed by atoms with E-state index >= 15 is 0 Å². The van der Waals surface area contributed by atoms with Crippen LogP contribution in [0, 0.1) is 5.21 Å². The quantitative estimate of drug-likeness (QED) is 0.214. The summed E-state index contributed by atoms with van der Waals surface area (Å²) >= 11 is 0. The van der Waals surface area contributed by atoms with E-state index in [1.165, 1.54) is 64.2 Å². The summed E-state index contributed by atoms with van der Waals surface area (Å²) in [6.07, 6.45) is 14.6. The summed E-state index contributed by atoms with van der Waals surface area (Å²) in [5.74, 6) is 0. The highest BCUT2D eigenvalue weighted by molar-refractivity contribution is 4.66. The Hall–Kier alpha value is -0.160. The molecule has 0 radical (unpaired) electrons. The maximum Gasteiger partial charge on any atom is 0.104 e. The van der Waals surface area contributed by atoms with Crippen molar-refractivity contribution in [2.45, 2.75) is 122 Å². The number of aliphatic hydroxyl groups is 2. The van der Waals surface area contributed by atoms with E-state index in [0.717, 1.165) is 12.8 Å². The third-order valence-electron chi connectivity index (χ3n) is 5.15. The molecule has 0 rings (SSSR count). The van der Waals surface area contributed by atoms with Gasteiger partial charge < -0.3 is 20.1 Å². The molecule has 0 saturated carbocycles. The van der Waals surface area contributed by atoms with E-state index in [-0.39, 0.29) is 12.6 Å². The molecule has 0 amide bonds. The number of hydrogen-bond donors (Lipinski definition) is 2. The SMILES string of the molecule is CCCCCCCCCCCCCC(CC(C)O)[N+](C)([O-])CC(C)O. The second kappa shape index (κ2) is 15.0. The Morgan fingerprint density at radius 1 is 0.760 bits per heavy atom. The number of unbranched alkanes of at least 4 members (excludes halogenated alkanes) is 10. The molecule has 152 valence electrons. The van der Waals surface area contributed by atoms with Crippen LogP contribution in [0.2, 0.25) is 0 Å². The molecule has 2 N–H and O–H groups in total. The normalized spacial score (nSPS) is 17.9. The minimum atomic E-state index is -0.601. The first-order valence-corrected chi connectivity index (χ1v) is 10.7. The molecule has 0 bridgehead atoms. The molecule has 25 heavy (non-hydrogen) atoms. The van der Waals surface area contributed by atoms with Crippen molar-refractivity contribution in [3.8, 4) is 0 Å². The largest absolute Gasteiger partial charge is 0.633 e. The topological polar surface area (TPSA) is 63.5 Å². The van der Waals surface area contributed by atoms with Gasteiger partial charge in [-0.15, -0.1) is 0 Å². The number of quaternary nitrogens is 1. The number of likely N-dealkylation sites (N-methyl/N-ethyl adjacent to an activating group) is 1. The van der Waals surface area contributed by atoms with E-state index in [2.05, 4.69) is 6.92 Å². The first-order valence-electron chi connectivity index (χ1n) is 10.7. The Balaban J connectivity index is 3.85. The van der Waals surface area contributed by atoms with E-state index in [0.29, 0.717) is 6.42 Å². The van der Waals surface area contributed by atoms with Crippen LogP contribution >= 0.6 is 0 Å². The number of hydroxylamine groups is 3. The molecular formula is C21H45NO3. The summed E-state index contributed by atoms with van der Waals surface area (Å²) in [7, 11) is 1.64. The van der Waals surface area contributed by atoms with Crippen molar-refractivity contribution in [1.29, 1.82) is 0 Å². The molecule has 0 saturated heterocycles. The molecule has 0 aliphatic heterocycles. The molecule has 0 heterocycles. The first-order chi connectivity index (χ1) is 11.8. The molecule has 0 aliphatic rings. The Labute approximate surface area is 156 Å². The summed E-state index contributed by atoms with van der Waals surface area (Å²) in [4.78, 5) is 0. The standard InChI is InChI=1S/C21H45NO3/c1-5-6-7-8-9-10-11-12-13-14-15-16-21(17-19(2)23)22(4,25)18-20(3)24/h19-21,23-24H,5-18H2,1-4H3. The van der Waals surface area contributed by atoms with Crippen LogP contribution in [0.4, 0.5) is 0 Å². The van der Waals surface area contributed by atoms with Crippen molar-refractivity contribution in [2.24, 2.45) is 0 Å². The molecule has 0 aliphatic carbocycles. The van der Waals surface area contributed by atoms with Crippen LogP contribution in [0.15, 0.2) is 0 Å². The fourth-order valence-electron chi connectivity index (χ4n) is 3.73. The number of rotatable bonds is 17. The molecule has 4 heteroatoms. The van der Waals surface area contributed by atoms with Gasteiger partial charge in [-0.05, 0) is 26.7 Å². The van der Waals surface area contributed by atoms with Crippen molar-refractivity contribution < 1.29 is 14.9 Å². The van der Waals surface area contributed by atoms with Gasteiger partial charge in [0.05, 0.1) is 19.2 Å². The number of hydrogen-bond acceptors (Lipinski definition) is 3. The van der Waals surface area contributed by atoms with Gasteiger partial charge in [-0.1, -0.05) is 71.1 Å². The Kier molecular flexibility index (Phi) is 14.9. The lowest BCUT2D eigenvalue weighted by molar-refractivity contribution is -0.890. The zero-order valence-electron chi connectivity index (χ0n) is 17.4. The highest BCUT2D eigenvalue weighted by Gasteiger charge is 2.27. The van der Waals surface area contributed by atoms with Gasteiger partial charge in [-0.2, -0.15) is 0 Å². The molecule has 4 unspecified atom stereocenters. The number of aliphatic hydroxyl groups excluding tert-OH is 2. The minimum Gasteiger partial charge on any atom is -0.633 e. The van der Waals surface area contributed by atoms with Gasteiger partial charge in [-0.3, -0.25) is 0 Å². The lowest BCUT2D eigenvalue weighted by Gasteiger charge is -2.47. The van der Waals surface area contributed by atoms with Crippen LogP contribution in [0.25, 0.3) is 0 Å². The lowest BCUT2D eigenvalue weighted by Crippen LogP contribution is -2.51. The molecule has 0 spiro atoms. The van der Waals surface area contributed by atoms with Crippen molar-refractivity contribution in [2.75, 3.05) is 13.6 Å². The Morgan fingerprint density at radius 2 is 1.20 bits per heavy atom. The van der Waals surface area contributed by atoms with Crippen LogP contribution in [0.1, 0.15) is 104 Å². The highest BCUT2D eigenvalue weighted by atomic mass is 16.5. The first kappa shape index (κ1) is 24.8.